The molecular weight excluding hydrogens is 334 g/mol. The normalized spacial score (nSPS) is 20.3. The lowest BCUT2D eigenvalue weighted by Crippen LogP contribution is -2.42. The van der Waals surface area contributed by atoms with Crippen molar-refractivity contribution in [2.45, 2.75) is 51.0 Å². The van der Waals surface area contributed by atoms with Crippen LogP contribution >= 0.6 is 0 Å². The molecule has 1 fully saturated rings. The second-order valence-corrected chi connectivity index (χ2v) is 6.65. The number of hydrogen-bond acceptors (Lipinski definition) is 3. The highest BCUT2D eigenvalue weighted by molar-refractivity contribution is 6.62. The molecule has 0 aromatic heterocycles. The molecule has 0 N–H and O–H groups in total. The number of ether oxygens (including phenoxy) is 1. The van der Waals surface area contributed by atoms with Gasteiger partial charge in [0.05, 0.1) is 11.2 Å². The second kappa shape index (κ2) is 5.88. The summed E-state index contributed by atoms with van der Waals surface area (Å²) in [5, 5.41) is 0. The predicted octanol–water partition coefficient (Wildman–Crippen LogP) is 3.56. The first-order chi connectivity index (χ1) is 10.8. The molecule has 3 nitrogen and oxygen atoms in total. The third-order valence-corrected chi connectivity index (χ3v) is 4.22. The van der Waals surface area contributed by atoms with Crippen LogP contribution in [-0.2, 0) is 9.31 Å². The van der Waals surface area contributed by atoms with Crippen LogP contribution in [0.2, 0.25) is 0 Å². The van der Waals surface area contributed by atoms with Crippen molar-refractivity contribution in [3.63, 3.8) is 0 Å². The summed E-state index contributed by atoms with van der Waals surface area (Å²) in [7, 11) is -0.762. The van der Waals surface area contributed by atoms with Crippen molar-refractivity contribution in [3.8, 4) is 5.75 Å². The maximum atomic E-state index is 12.9. The largest absolute Gasteiger partial charge is 0.494 e. The van der Waals surface area contributed by atoms with Gasteiger partial charge in [0.15, 0.2) is 6.61 Å². The summed E-state index contributed by atoms with van der Waals surface area (Å²) in [4.78, 5) is 0. The summed E-state index contributed by atoms with van der Waals surface area (Å²) in [5.74, 6) is -5.04. The summed E-state index contributed by atoms with van der Waals surface area (Å²) in [6, 6.07) is 5.72. The van der Waals surface area contributed by atoms with Crippen molar-refractivity contribution in [1.82, 2.24) is 0 Å². The summed E-state index contributed by atoms with van der Waals surface area (Å²) >= 11 is 0. The summed E-state index contributed by atoms with van der Waals surface area (Å²) < 4.78 is 78.5. The summed E-state index contributed by atoms with van der Waals surface area (Å²) in [5.41, 5.74) is -0.725. The summed E-state index contributed by atoms with van der Waals surface area (Å²) in [6.45, 7) is 5.59. The minimum absolute atomic E-state index is 0.119. The van der Waals surface area contributed by atoms with E-state index in [1.54, 1.807) is 6.07 Å². The van der Waals surface area contributed by atoms with E-state index in [4.69, 9.17) is 9.31 Å². The SMILES string of the molecule is CC1(C)OB(c2cccc(OCC(F)(F)C(F)(F)F)c2)OC1(C)C. The average molecular weight is 352 g/mol. The topological polar surface area (TPSA) is 27.7 Å². The van der Waals surface area contributed by atoms with E-state index < -0.39 is 37.0 Å². The van der Waals surface area contributed by atoms with Crippen molar-refractivity contribution in [2.75, 3.05) is 6.61 Å². The van der Waals surface area contributed by atoms with Gasteiger partial charge in [-0.15, -0.1) is 0 Å². The standard InChI is InChI=1S/C15H18BF5O3/c1-12(2)13(3,4)24-16(23-12)10-6-5-7-11(8-10)22-9-14(17,18)15(19,20)21/h5-8H,9H2,1-4H3. The molecule has 0 aliphatic carbocycles. The Bertz CT molecular complexity index is 585. The van der Waals surface area contributed by atoms with Gasteiger partial charge < -0.3 is 14.0 Å². The first kappa shape index (κ1) is 19.0. The van der Waals surface area contributed by atoms with Gasteiger partial charge in [-0.25, -0.2) is 0 Å². The predicted molar refractivity (Wildman–Crippen MR) is 78.7 cm³/mol. The van der Waals surface area contributed by atoms with Gasteiger partial charge in [0.25, 0.3) is 0 Å². The van der Waals surface area contributed by atoms with Gasteiger partial charge in [-0.3, -0.25) is 0 Å². The molecule has 0 saturated carbocycles. The molecule has 0 atom stereocenters. The highest BCUT2D eigenvalue weighted by atomic mass is 19.4. The lowest BCUT2D eigenvalue weighted by molar-refractivity contribution is -0.290. The molecule has 0 bridgehead atoms. The van der Waals surface area contributed by atoms with Crippen LogP contribution < -0.4 is 10.2 Å². The molecule has 0 unspecified atom stereocenters. The van der Waals surface area contributed by atoms with Gasteiger partial charge in [-0.05, 0) is 45.3 Å². The van der Waals surface area contributed by atoms with Crippen LogP contribution in [0.4, 0.5) is 22.0 Å². The first-order valence-corrected chi connectivity index (χ1v) is 7.28. The molecule has 1 aromatic carbocycles. The van der Waals surface area contributed by atoms with Crippen molar-refractivity contribution in [1.29, 1.82) is 0 Å². The highest BCUT2D eigenvalue weighted by Gasteiger charge is 2.58. The molecule has 1 heterocycles. The van der Waals surface area contributed by atoms with Gasteiger partial charge in [-0.1, -0.05) is 12.1 Å². The van der Waals surface area contributed by atoms with E-state index in [2.05, 4.69) is 4.74 Å². The van der Waals surface area contributed by atoms with Crippen molar-refractivity contribution in [3.05, 3.63) is 24.3 Å². The van der Waals surface area contributed by atoms with E-state index in [1.165, 1.54) is 18.2 Å². The Morgan fingerprint density at radius 1 is 1.00 bits per heavy atom. The molecule has 1 aliphatic rings. The van der Waals surface area contributed by atoms with Crippen LogP contribution in [0.25, 0.3) is 0 Å². The zero-order valence-electron chi connectivity index (χ0n) is 13.7. The van der Waals surface area contributed by atoms with Crippen LogP contribution in [0.15, 0.2) is 24.3 Å². The fraction of sp³-hybridized carbons (Fsp3) is 0.600. The molecule has 0 spiro atoms. The minimum Gasteiger partial charge on any atom is -0.487 e. The highest BCUT2D eigenvalue weighted by Crippen LogP contribution is 2.37. The molecule has 1 aliphatic heterocycles. The van der Waals surface area contributed by atoms with Crippen LogP contribution in [0.5, 0.6) is 5.75 Å². The lowest BCUT2D eigenvalue weighted by atomic mass is 9.79. The van der Waals surface area contributed by atoms with Gasteiger partial charge in [0, 0.05) is 0 Å². The molecule has 134 valence electrons. The van der Waals surface area contributed by atoms with Crippen LogP contribution in [0.3, 0.4) is 0 Å². The fourth-order valence-electron chi connectivity index (χ4n) is 1.99. The van der Waals surface area contributed by atoms with Gasteiger partial charge >= 0.3 is 19.2 Å². The van der Waals surface area contributed by atoms with E-state index in [-0.39, 0.29) is 5.75 Å². The Morgan fingerprint density at radius 2 is 1.54 bits per heavy atom. The Labute approximate surface area is 137 Å². The molecule has 2 rings (SSSR count). The van der Waals surface area contributed by atoms with Crippen LogP contribution in [0, 0.1) is 0 Å². The molecule has 1 aromatic rings. The monoisotopic (exact) mass is 352 g/mol. The zero-order chi connectivity index (χ0) is 18.4. The quantitative estimate of drug-likeness (QED) is 0.613. The molecule has 9 heteroatoms. The number of alkyl halides is 5. The average Bonchev–Trinajstić information content (AvgIpc) is 2.64. The third-order valence-electron chi connectivity index (χ3n) is 4.22. The van der Waals surface area contributed by atoms with Crippen LogP contribution in [0.1, 0.15) is 27.7 Å². The summed E-state index contributed by atoms with van der Waals surface area (Å²) in [6.07, 6.45) is -5.66. The molecule has 0 amide bonds. The Balaban J connectivity index is 2.11. The first-order valence-electron chi connectivity index (χ1n) is 7.28. The van der Waals surface area contributed by atoms with E-state index in [1.807, 2.05) is 27.7 Å². The Kier molecular flexibility index (Phi) is 4.65. The van der Waals surface area contributed by atoms with Gasteiger partial charge in [0.1, 0.15) is 5.75 Å². The Morgan fingerprint density at radius 3 is 2.04 bits per heavy atom. The lowest BCUT2D eigenvalue weighted by Gasteiger charge is -2.32. The van der Waals surface area contributed by atoms with Crippen LogP contribution in [-0.4, -0.2) is 37.0 Å². The maximum absolute atomic E-state index is 12.9. The van der Waals surface area contributed by atoms with E-state index in [0.717, 1.165) is 0 Å². The van der Waals surface area contributed by atoms with E-state index in [0.29, 0.717) is 5.46 Å². The maximum Gasteiger partial charge on any atom is 0.494 e. The molecule has 1 saturated heterocycles. The smallest absolute Gasteiger partial charge is 0.487 e. The van der Waals surface area contributed by atoms with Gasteiger partial charge in [0.2, 0.25) is 0 Å². The van der Waals surface area contributed by atoms with Crippen molar-refractivity contribution in [2.24, 2.45) is 0 Å². The molecular formula is C15H18BF5O3. The van der Waals surface area contributed by atoms with E-state index >= 15 is 0 Å². The van der Waals surface area contributed by atoms with Crippen molar-refractivity contribution < 1.29 is 36.0 Å². The Hall–Kier alpha value is -1.35. The third kappa shape index (κ3) is 3.67. The zero-order valence-corrected chi connectivity index (χ0v) is 13.7. The minimum atomic E-state index is -5.66. The second-order valence-electron chi connectivity index (χ2n) is 6.65. The fourth-order valence-corrected chi connectivity index (χ4v) is 1.99. The number of halogens is 5. The molecule has 24 heavy (non-hydrogen) atoms. The number of hydrogen-bond donors (Lipinski definition) is 0. The number of rotatable bonds is 4. The van der Waals surface area contributed by atoms with Gasteiger partial charge in [-0.2, -0.15) is 22.0 Å². The van der Waals surface area contributed by atoms with E-state index in [9.17, 15) is 22.0 Å². The molecule has 0 radical (unpaired) electrons. The van der Waals surface area contributed by atoms with Crippen molar-refractivity contribution >= 4 is 12.6 Å². The number of benzene rings is 1.